The fourth-order valence-electron chi connectivity index (χ4n) is 7.53. The second-order valence-electron chi connectivity index (χ2n) is 17.4. The molecule has 5 N–H and O–H groups in total. The number of hydroxylamine groups is 2. The van der Waals surface area contributed by atoms with Crippen LogP contribution in [0.4, 0.5) is 10.5 Å². The normalized spacial score (nSPS) is 15.3. The molecule has 3 aliphatic heterocycles. The van der Waals surface area contributed by atoms with E-state index in [0.29, 0.717) is 187 Å². The van der Waals surface area contributed by atoms with Gasteiger partial charge in [0.2, 0.25) is 5.91 Å². The number of hydrogen-bond donors (Lipinski definition) is 4. The number of rotatable bonds is 43. The fraction of sp³-hybridized carbons (Fsp3) is 0.686. The van der Waals surface area contributed by atoms with Gasteiger partial charge < -0.3 is 74.0 Å². The van der Waals surface area contributed by atoms with Gasteiger partial charge in [-0.3, -0.25) is 38.7 Å². The minimum absolute atomic E-state index is 0.0787. The summed E-state index contributed by atoms with van der Waals surface area (Å²) in [5.74, 6) is -1.60. The molecule has 0 unspecified atom stereocenters. The second kappa shape index (κ2) is 39.8. The van der Waals surface area contributed by atoms with Crippen molar-refractivity contribution in [2.45, 2.75) is 39.5 Å². The number of fused-ring (bicyclic) bond motifs is 1. The monoisotopic (exact) mass is 1090 g/mol. The maximum Gasteiger partial charge on any atom is 0.314 e. The molecule has 77 heavy (non-hydrogen) atoms. The molecule has 432 valence electrons. The lowest BCUT2D eigenvalue weighted by atomic mass is 9.97. The van der Waals surface area contributed by atoms with Crippen LogP contribution in [0.3, 0.4) is 0 Å². The number of nitrogens with two attached hydrogens (primary N) is 1. The van der Waals surface area contributed by atoms with Crippen LogP contribution in [-0.4, -0.2) is 246 Å². The summed E-state index contributed by atoms with van der Waals surface area (Å²) in [6.45, 7) is 14.4. The van der Waals surface area contributed by atoms with Gasteiger partial charge in [0.15, 0.2) is 0 Å². The van der Waals surface area contributed by atoms with E-state index in [9.17, 15) is 28.8 Å². The first-order chi connectivity index (χ1) is 37.6. The van der Waals surface area contributed by atoms with E-state index in [1.165, 1.54) is 11.3 Å². The largest absolute Gasteiger partial charge is 0.387 e. The number of carbonyl (C=O) groups excluding carboxylic acids is 6. The molecule has 0 saturated carbocycles. The van der Waals surface area contributed by atoms with Gasteiger partial charge in [-0.1, -0.05) is 6.92 Å². The average molecular weight is 1090 g/mol. The number of likely N-dealkylation sites (tertiary alicyclic amines) is 1. The van der Waals surface area contributed by atoms with Gasteiger partial charge in [0.1, 0.15) is 12.4 Å². The van der Waals surface area contributed by atoms with E-state index in [2.05, 4.69) is 25.9 Å². The van der Waals surface area contributed by atoms with Crippen LogP contribution in [0.1, 0.15) is 55.6 Å². The molecule has 1 aromatic heterocycles. The molecule has 1 aromatic rings. The summed E-state index contributed by atoms with van der Waals surface area (Å²) in [5.41, 5.74) is 7.84. The molecule has 1 saturated heterocycles. The molecule has 0 bridgehead atoms. The van der Waals surface area contributed by atoms with Gasteiger partial charge >= 0.3 is 6.03 Å². The Morgan fingerprint density at radius 2 is 1.18 bits per heavy atom. The smallest absolute Gasteiger partial charge is 0.314 e. The standard InChI is InChI=1S/C51H81N9O17/c1-3-11-60(77-4-2)50(65)41-33-43-44(57-45(52)35-41)34-42(37-55-43)49(64)58-12-5-6-40(38-58)36-56-51(66)54-10-14-68-16-18-70-20-22-72-24-26-74-28-30-76-32-31-75-29-27-73-25-23-71-21-19-69-17-15-67-13-9-53-46(61)39-59-47(62)7-8-48(59)63/h7-8,33-34,37,40H,3-6,9-32,35-36,38-39H2,1-2H3,(H2,52,57)(H,53,61)(H2,54,56,66)/t40-/m0/s1. The lowest BCUT2D eigenvalue weighted by Crippen LogP contribution is -2.45. The van der Waals surface area contributed by atoms with E-state index in [1.54, 1.807) is 17.0 Å². The van der Waals surface area contributed by atoms with Crippen LogP contribution in [0.15, 0.2) is 35.0 Å². The van der Waals surface area contributed by atoms with Gasteiger partial charge in [-0.2, -0.15) is 0 Å². The Bertz CT molecular complexity index is 2010. The third-order valence-corrected chi connectivity index (χ3v) is 11.3. The number of hydrogen-bond acceptors (Lipinski definition) is 20. The van der Waals surface area contributed by atoms with Crippen molar-refractivity contribution in [2.75, 3.05) is 185 Å². The molecular formula is C51H81N9O17. The van der Waals surface area contributed by atoms with E-state index in [1.807, 2.05) is 13.8 Å². The maximum atomic E-state index is 13.6. The fourth-order valence-corrected chi connectivity index (χ4v) is 7.53. The number of urea groups is 1. The molecule has 4 rings (SSSR count). The number of ether oxygens (including phenoxy) is 10. The predicted molar refractivity (Wildman–Crippen MR) is 279 cm³/mol. The number of aromatic nitrogens is 1. The zero-order chi connectivity index (χ0) is 55.1. The summed E-state index contributed by atoms with van der Waals surface area (Å²) in [4.78, 5) is 91.2. The van der Waals surface area contributed by atoms with E-state index in [-0.39, 0.29) is 55.7 Å². The molecule has 7 amide bonds. The Balaban J connectivity index is 0.848. The SMILES string of the molecule is CCCN(OCC)C(=O)C1=Cc2ncc(C(=O)N3CCC[C@@H](CNC(=O)NCCOCCOCCOCCOCCOCCOCCOCCOCCOCCOCCNC(=O)CN4C(=O)C=CC4=O)C3)cc2N=C(N)C1. The molecule has 0 aliphatic carbocycles. The molecular weight excluding hydrogens is 1010 g/mol. The molecule has 1 atom stereocenters. The Morgan fingerprint density at radius 3 is 1.68 bits per heavy atom. The Labute approximate surface area is 450 Å². The number of imide groups is 1. The summed E-state index contributed by atoms with van der Waals surface area (Å²) >= 11 is 0. The van der Waals surface area contributed by atoms with Crippen molar-refractivity contribution in [3.05, 3.63) is 41.2 Å². The van der Waals surface area contributed by atoms with Crippen molar-refractivity contribution in [1.82, 2.24) is 35.8 Å². The van der Waals surface area contributed by atoms with Gasteiger partial charge in [0.25, 0.3) is 23.6 Å². The summed E-state index contributed by atoms with van der Waals surface area (Å²) in [5, 5.41) is 9.62. The van der Waals surface area contributed by atoms with E-state index in [0.717, 1.165) is 36.3 Å². The van der Waals surface area contributed by atoms with Gasteiger partial charge in [-0.15, -0.1) is 0 Å². The molecule has 3 aliphatic rings. The minimum atomic E-state index is -0.500. The first kappa shape index (κ1) is 64.0. The number of piperidine rings is 1. The van der Waals surface area contributed by atoms with Crippen LogP contribution in [0.5, 0.6) is 0 Å². The van der Waals surface area contributed by atoms with Gasteiger partial charge in [-0.05, 0) is 44.2 Å². The van der Waals surface area contributed by atoms with Crippen molar-refractivity contribution < 1.29 is 81.0 Å². The van der Waals surface area contributed by atoms with Crippen molar-refractivity contribution >= 4 is 53.2 Å². The Kier molecular flexibility index (Phi) is 33.1. The molecule has 1 fully saturated rings. The van der Waals surface area contributed by atoms with E-state index in [4.69, 9.17) is 57.9 Å². The summed E-state index contributed by atoms with van der Waals surface area (Å²) in [6, 6.07) is 1.35. The lowest BCUT2D eigenvalue weighted by molar-refractivity contribution is -0.180. The quantitative estimate of drug-likeness (QED) is 0.0391. The lowest BCUT2D eigenvalue weighted by Gasteiger charge is -2.33. The minimum Gasteiger partial charge on any atom is -0.387 e. The van der Waals surface area contributed by atoms with Crippen LogP contribution in [0.25, 0.3) is 6.08 Å². The van der Waals surface area contributed by atoms with Crippen LogP contribution < -0.4 is 21.7 Å². The molecule has 26 nitrogen and oxygen atoms in total. The Hall–Kier alpha value is -5.52. The number of aliphatic imine (C=N–C) groups is 1. The summed E-state index contributed by atoms with van der Waals surface area (Å²) in [6.07, 6.45) is 7.94. The number of amidine groups is 1. The molecule has 0 aromatic carbocycles. The number of nitrogens with one attached hydrogen (secondary N) is 3. The van der Waals surface area contributed by atoms with Crippen LogP contribution in [0, 0.1) is 5.92 Å². The predicted octanol–water partition coefficient (Wildman–Crippen LogP) is 0.406. The van der Waals surface area contributed by atoms with Gasteiger partial charge in [-0.25, -0.2) is 14.9 Å². The number of pyridine rings is 1. The van der Waals surface area contributed by atoms with E-state index >= 15 is 0 Å². The number of carbonyl (C=O) groups is 6. The summed E-state index contributed by atoms with van der Waals surface area (Å²) in [7, 11) is 0. The molecule has 0 spiro atoms. The van der Waals surface area contributed by atoms with Gasteiger partial charge in [0.05, 0.1) is 156 Å². The molecule has 0 radical (unpaired) electrons. The first-order valence-corrected chi connectivity index (χ1v) is 26.5. The summed E-state index contributed by atoms with van der Waals surface area (Å²) < 4.78 is 54.9. The van der Waals surface area contributed by atoms with Crippen molar-refractivity contribution in [3.63, 3.8) is 0 Å². The zero-order valence-electron chi connectivity index (χ0n) is 44.8. The van der Waals surface area contributed by atoms with Crippen LogP contribution in [0.2, 0.25) is 0 Å². The highest BCUT2D eigenvalue weighted by atomic mass is 16.7. The third kappa shape index (κ3) is 27.1. The highest BCUT2D eigenvalue weighted by Crippen LogP contribution is 2.28. The third-order valence-electron chi connectivity index (χ3n) is 11.3. The van der Waals surface area contributed by atoms with E-state index < -0.39 is 17.7 Å². The second-order valence-corrected chi connectivity index (χ2v) is 17.4. The van der Waals surface area contributed by atoms with Crippen molar-refractivity contribution in [2.24, 2.45) is 16.6 Å². The number of nitrogens with zero attached hydrogens (tertiary/aromatic N) is 5. The highest BCUT2D eigenvalue weighted by molar-refractivity contribution is 6.14. The average Bonchev–Trinajstić information content (AvgIpc) is 3.63. The van der Waals surface area contributed by atoms with Crippen LogP contribution in [-0.2, 0) is 71.4 Å². The van der Waals surface area contributed by atoms with Gasteiger partial charge in [0, 0.05) is 69.6 Å². The highest BCUT2D eigenvalue weighted by Gasteiger charge is 2.28. The Morgan fingerprint density at radius 1 is 0.688 bits per heavy atom. The van der Waals surface area contributed by atoms with Crippen molar-refractivity contribution in [3.8, 4) is 0 Å². The topological polar surface area (TPSA) is 301 Å². The van der Waals surface area contributed by atoms with Crippen molar-refractivity contribution in [1.29, 1.82) is 0 Å². The zero-order valence-corrected chi connectivity index (χ0v) is 44.8. The van der Waals surface area contributed by atoms with Crippen LogP contribution >= 0.6 is 0 Å². The maximum absolute atomic E-state index is 13.6. The first-order valence-electron chi connectivity index (χ1n) is 26.5. The number of amides is 7. The molecule has 4 heterocycles. The molecule has 26 heteroatoms.